The zero-order valence-corrected chi connectivity index (χ0v) is 18.8. The number of hydrogen-bond donors (Lipinski definition) is 2. The van der Waals surface area contributed by atoms with Gasteiger partial charge in [0.25, 0.3) is 10.0 Å². The maximum atomic E-state index is 12.9. The Morgan fingerprint density at radius 2 is 1.93 bits per heavy atom. The summed E-state index contributed by atoms with van der Waals surface area (Å²) < 4.78 is 32.9. The topological polar surface area (TPSA) is 87.7 Å². The van der Waals surface area contributed by atoms with Gasteiger partial charge in [-0.25, -0.2) is 13.2 Å². The molecule has 30 heavy (non-hydrogen) atoms. The molecule has 2 heterocycles. The van der Waals surface area contributed by atoms with Gasteiger partial charge in [-0.05, 0) is 54.8 Å². The fourth-order valence-corrected chi connectivity index (χ4v) is 6.48. The lowest BCUT2D eigenvalue weighted by atomic mass is 10.0. The van der Waals surface area contributed by atoms with Crippen LogP contribution in [0.3, 0.4) is 0 Å². The largest absolute Gasteiger partial charge is 0.497 e. The summed E-state index contributed by atoms with van der Waals surface area (Å²) in [6.07, 6.45) is 4.05. The molecular weight excluding hydrogens is 422 g/mol. The number of carbonyl (C=O) groups is 1. The lowest BCUT2D eigenvalue weighted by Gasteiger charge is -2.34. The van der Waals surface area contributed by atoms with Crippen LogP contribution in [0.25, 0.3) is 0 Å². The van der Waals surface area contributed by atoms with Crippen molar-refractivity contribution in [1.29, 1.82) is 0 Å². The number of hydrogen-bond acceptors (Lipinski definition) is 5. The predicted molar refractivity (Wildman–Crippen MR) is 119 cm³/mol. The van der Waals surface area contributed by atoms with Crippen LogP contribution in [0.15, 0.2) is 46.0 Å². The highest BCUT2D eigenvalue weighted by molar-refractivity contribution is 7.91. The van der Waals surface area contributed by atoms with Crippen LogP contribution in [0.2, 0.25) is 0 Å². The average Bonchev–Trinajstić information content (AvgIpc) is 3.30. The maximum Gasteiger partial charge on any atom is 0.314 e. The number of rotatable bonds is 9. The van der Waals surface area contributed by atoms with E-state index in [1.807, 2.05) is 24.3 Å². The number of piperidine rings is 1. The van der Waals surface area contributed by atoms with Gasteiger partial charge in [0, 0.05) is 25.7 Å². The van der Waals surface area contributed by atoms with Crippen molar-refractivity contribution in [1.82, 2.24) is 14.9 Å². The van der Waals surface area contributed by atoms with Gasteiger partial charge in [0.05, 0.1) is 7.11 Å². The van der Waals surface area contributed by atoms with E-state index in [4.69, 9.17) is 4.74 Å². The van der Waals surface area contributed by atoms with Crippen molar-refractivity contribution in [3.05, 3.63) is 47.3 Å². The first kappa shape index (κ1) is 22.6. The smallest absolute Gasteiger partial charge is 0.314 e. The number of ether oxygens (including phenoxy) is 1. The first-order valence-corrected chi connectivity index (χ1v) is 12.5. The second-order valence-electron chi connectivity index (χ2n) is 7.27. The molecule has 9 heteroatoms. The molecule has 1 saturated heterocycles. The number of amides is 2. The second kappa shape index (κ2) is 10.8. The zero-order chi connectivity index (χ0) is 21.4. The molecule has 2 amide bonds. The lowest BCUT2D eigenvalue weighted by Crippen LogP contribution is -2.45. The number of urea groups is 1. The van der Waals surface area contributed by atoms with Crippen LogP contribution in [0.1, 0.15) is 31.2 Å². The summed E-state index contributed by atoms with van der Waals surface area (Å²) in [4.78, 5) is 12.1. The van der Waals surface area contributed by atoms with Crippen molar-refractivity contribution < 1.29 is 17.9 Å². The van der Waals surface area contributed by atoms with Gasteiger partial charge >= 0.3 is 6.03 Å². The highest BCUT2D eigenvalue weighted by atomic mass is 32.2. The molecule has 1 aliphatic rings. The number of carbonyl (C=O) groups excluding carboxylic acids is 1. The average molecular weight is 452 g/mol. The van der Waals surface area contributed by atoms with Crippen molar-refractivity contribution >= 4 is 27.4 Å². The Kier molecular flexibility index (Phi) is 8.12. The Balaban J connectivity index is 1.42. The Hall–Kier alpha value is -2.10. The van der Waals surface area contributed by atoms with Crippen LogP contribution in [-0.4, -0.2) is 51.5 Å². The van der Waals surface area contributed by atoms with Crippen LogP contribution < -0.4 is 15.4 Å². The van der Waals surface area contributed by atoms with E-state index in [-0.39, 0.29) is 12.1 Å². The summed E-state index contributed by atoms with van der Waals surface area (Å²) in [6.45, 7) is 1.51. The molecule has 1 unspecified atom stereocenters. The third-order valence-corrected chi connectivity index (χ3v) is 8.58. The Morgan fingerprint density at radius 3 is 2.63 bits per heavy atom. The summed E-state index contributed by atoms with van der Waals surface area (Å²) >= 11 is 1.25. The second-order valence-corrected chi connectivity index (χ2v) is 10.3. The van der Waals surface area contributed by atoms with Gasteiger partial charge < -0.3 is 15.4 Å². The van der Waals surface area contributed by atoms with Crippen molar-refractivity contribution in [2.75, 3.05) is 26.7 Å². The minimum absolute atomic E-state index is 0.0783. The number of thiophene rings is 1. The predicted octanol–water partition coefficient (Wildman–Crippen LogP) is 3.23. The summed E-state index contributed by atoms with van der Waals surface area (Å²) in [5.74, 6) is 0.808. The van der Waals surface area contributed by atoms with Crippen molar-refractivity contribution in [3.8, 4) is 5.75 Å². The summed E-state index contributed by atoms with van der Waals surface area (Å²) in [5.41, 5.74) is 1.12. The van der Waals surface area contributed by atoms with E-state index >= 15 is 0 Å². The molecule has 0 bridgehead atoms. The quantitative estimate of drug-likeness (QED) is 0.613. The molecule has 1 atom stereocenters. The molecule has 0 spiro atoms. The molecule has 2 aromatic rings. The first-order chi connectivity index (χ1) is 14.5. The molecule has 7 nitrogen and oxygen atoms in total. The number of sulfonamides is 1. The van der Waals surface area contributed by atoms with Crippen molar-refractivity contribution in [2.24, 2.45) is 0 Å². The Labute approximate surface area is 182 Å². The molecule has 0 radical (unpaired) electrons. The number of methoxy groups -OCH3 is 1. The highest BCUT2D eigenvalue weighted by Crippen LogP contribution is 2.29. The van der Waals surface area contributed by atoms with E-state index in [1.165, 1.54) is 11.3 Å². The molecule has 0 saturated carbocycles. The van der Waals surface area contributed by atoms with Crippen LogP contribution in [-0.2, 0) is 16.4 Å². The standard InChI is InChI=1S/C21H29N3O4S2/c1-28-19-9-7-17(8-10-19)11-13-22-21(25)23-14-12-18-5-2-3-15-24(18)30(26,27)20-6-4-16-29-20/h4,6-10,16,18H,2-3,5,11-15H2,1H3,(H2,22,23,25). The Bertz CT molecular complexity index is 899. The van der Waals surface area contributed by atoms with Gasteiger partial charge in [0.15, 0.2) is 0 Å². The van der Waals surface area contributed by atoms with E-state index in [9.17, 15) is 13.2 Å². The van der Waals surface area contributed by atoms with Crippen molar-refractivity contribution in [2.45, 2.75) is 42.4 Å². The molecule has 0 aliphatic carbocycles. The summed E-state index contributed by atoms with van der Waals surface area (Å²) in [5, 5.41) is 7.48. The molecule has 1 aliphatic heterocycles. The maximum absolute atomic E-state index is 12.9. The van der Waals surface area contributed by atoms with Gasteiger partial charge in [-0.15, -0.1) is 11.3 Å². The van der Waals surface area contributed by atoms with Gasteiger partial charge in [-0.3, -0.25) is 0 Å². The highest BCUT2D eigenvalue weighted by Gasteiger charge is 2.33. The van der Waals surface area contributed by atoms with E-state index in [0.717, 1.165) is 37.0 Å². The van der Waals surface area contributed by atoms with Gasteiger partial charge in [0.1, 0.15) is 9.96 Å². The van der Waals surface area contributed by atoms with Gasteiger partial charge in [0.2, 0.25) is 0 Å². The van der Waals surface area contributed by atoms with Gasteiger partial charge in [-0.1, -0.05) is 24.6 Å². The third-order valence-electron chi connectivity index (χ3n) is 5.25. The van der Waals surface area contributed by atoms with Crippen LogP contribution in [0, 0.1) is 0 Å². The van der Waals surface area contributed by atoms with Crippen LogP contribution >= 0.6 is 11.3 Å². The van der Waals surface area contributed by atoms with Gasteiger partial charge in [-0.2, -0.15) is 4.31 Å². The molecule has 1 aromatic heterocycles. The summed E-state index contributed by atoms with van der Waals surface area (Å²) in [7, 11) is -1.82. The molecule has 1 aromatic carbocycles. The zero-order valence-electron chi connectivity index (χ0n) is 17.2. The van der Waals surface area contributed by atoms with E-state index in [1.54, 1.807) is 28.9 Å². The SMILES string of the molecule is COc1ccc(CCNC(=O)NCCC2CCCCN2S(=O)(=O)c2cccs2)cc1. The van der Waals surface area contributed by atoms with Crippen LogP contribution in [0.4, 0.5) is 4.79 Å². The summed E-state index contributed by atoms with van der Waals surface area (Å²) in [6, 6.07) is 10.9. The number of benzene rings is 1. The fraction of sp³-hybridized carbons (Fsp3) is 0.476. The number of nitrogens with one attached hydrogen (secondary N) is 2. The minimum Gasteiger partial charge on any atom is -0.497 e. The number of nitrogens with zero attached hydrogens (tertiary/aromatic N) is 1. The molecule has 1 fully saturated rings. The fourth-order valence-electron chi connectivity index (χ4n) is 3.63. The molecule has 164 valence electrons. The van der Waals surface area contributed by atoms with E-state index in [2.05, 4.69) is 10.6 Å². The third kappa shape index (κ3) is 5.96. The normalized spacial score (nSPS) is 17.4. The van der Waals surface area contributed by atoms with E-state index in [0.29, 0.717) is 30.3 Å². The molecule has 2 N–H and O–H groups in total. The molecule has 3 rings (SSSR count). The first-order valence-electron chi connectivity index (χ1n) is 10.2. The van der Waals surface area contributed by atoms with E-state index < -0.39 is 10.0 Å². The lowest BCUT2D eigenvalue weighted by molar-refractivity contribution is 0.229. The monoisotopic (exact) mass is 451 g/mol. The van der Waals surface area contributed by atoms with Crippen molar-refractivity contribution in [3.63, 3.8) is 0 Å². The minimum atomic E-state index is -3.45. The van der Waals surface area contributed by atoms with Crippen LogP contribution in [0.5, 0.6) is 5.75 Å². The Morgan fingerprint density at radius 1 is 1.17 bits per heavy atom. The molecular formula is C21H29N3O4S2.